The number of anilines is 1. The van der Waals surface area contributed by atoms with Gasteiger partial charge in [0.2, 0.25) is 23.6 Å². The van der Waals surface area contributed by atoms with Crippen LogP contribution in [0.25, 0.3) is 11.0 Å². The first-order valence-corrected chi connectivity index (χ1v) is 26.2. The van der Waals surface area contributed by atoms with Crippen LogP contribution in [0.2, 0.25) is 0 Å². The molecule has 432 valence electrons. The summed E-state index contributed by atoms with van der Waals surface area (Å²) in [6.45, 7) is 8.39. The number of aryl methyl sites for hydroxylation is 3. The number of carbonyl (C=O) groups is 5. The number of H-pyrrole nitrogens is 1. The lowest BCUT2D eigenvalue weighted by Gasteiger charge is -2.21. The Balaban J connectivity index is 1.08. The highest BCUT2D eigenvalue weighted by atomic mass is 16.5. The molecule has 0 saturated carbocycles. The smallest absolute Gasteiger partial charge is 0.336 e. The second kappa shape index (κ2) is 35.5. The molecular formula is C53H77N13O13. The normalized spacial score (nSPS) is 12.0. The van der Waals surface area contributed by atoms with Gasteiger partial charge in [0.05, 0.1) is 76.4 Å². The molecule has 0 aliphatic heterocycles. The molecule has 0 fully saturated rings. The number of carbonyl (C=O) groups excluding carboxylic acids is 4. The number of guanidine groups is 1. The van der Waals surface area contributed by atoms with E-state index in [4.69, 9.17) is 50.5 Å². The summed E-state index contributed by atoms with van der Waals surface area (Å²) in [6.07, 6.45) is 5.92. The fraction of sp³-hybridized carbons (Fsp3) is 0.509. The van der Waals surface area contributed by atoms with Crippen LogP contribution in [0.15, 0.2) is 68.7 Å². The van der Waals surface area contributed by atoms with Crippen LogP contribution in [0.1, 0.15) is 90.7 Å². The molecule has 2 heterocycles. The third-order valence-electron chi connectivity index (χ3n) is 12.0. The van der Waals surface area contributed by atoms with E-state index in [0.717, 1.165) is 35.4 Å². The van der Waals surface area contributed by atoms with Crippen LogP contribution in [-0.2, 0) is 39.8 Å². The molecule has 0 saturated heterocycles. The fourth-order valence-electron chi connectivity index (χ4n) is 7.87. The molecule has 4 aromatic rings. The lowest BCUT2D eigenvalue weighted by Crippen LogP contribution is -2.51. The van der Waals surface area contributed by atoms with Crippen LogP contribution in [-0.4, -0.2) is 142 Å². The molecule has 26 heteroatoms. The van der Waals surface area contributed by atoms with Gasteiger partial charge in [-0.2, -0.15) is 10.2 Å². The molecule has 2 aromatic heterocycles. The quantitative estimate of drug-likeness (QED) is 0.00999. The van der Waals surface area contributed by atoms with E-state index in [2.05, 4.69) is 47.2 Å². The van der Waals surface area contributed by atoms with E-state index in [-0.39, 0.29) is 63.8 Å². The van der Waals surface area contributed by atoms with Crippen molar-refractivity contribution in [3.05, 3.63) is 92.9 Å². The average Bonchev–Trinajstić information content (AvgIpc) is 3.73. The van der Waals surface area contributed by atoms with Crippen LogP contribution in [0.4, 0.5) is 5.69 Å². The Morgan fingerprint density at radius 1 is 0.785 bits per heavy atom. The summed E-state index contributed by atoms with van der Waals surface area (Å²) in [4.78, 5) is 76.3. The van der Waals surface area contributed by atoms with E-state index < -0.39 is 53.9 Å². The molecule has 0 aliphatic carbocycles. The van der Waals surface area contributed by atoms with Crippen LogP contribution >= 0.6 is 0 Å². The molecule has 0 spiro atoms. The number of aromatic nitrogens is 2. The number of fused-ring (bicyclic) bond motifs is 1. The number of nitrogens with two attached hydrogens (primary N) is 2. The standard InChI is InChI=1S/C53H77N13O13/c1-34-27-49(69)79-46-30-38(13-14-42(34)46)61-51(71)45(11-4-5-16-54)63-48(68)33-60-50(70)44(12-6-17-59-53(55)56)62-47(67)15-21-74-23-25-76-26-24-75-22-18-58-32-39(64-57)9-7-19-77-40-28-37(52(72)73)29-41(31-40)78-20-8-10-43-35(2)65-66-36(43)3/h13-14,27-32,44-45,57-58H,4-12,15-26,33,54H2,1-3H3,(H,60,70)(H,61,71)(H,62,67)(H,63,68)(H,65,66)(H,72,73)(H4,55,56,59)/b39-32-,64-57?. The van der Waals surface area contributed by atoms with Crippen molar-refractivity contribution >= 4 is 52.2 Å². The molecule has 2 atom stereocenters. The molecule has 4 amide bonds. The largest absolute Gasteiger partial charge is 0.493 e. The van der Waals surface area contributed by atoms with Crippen molar-refractivity contribution in [3.8, 4) is 11.5 Å². The van der Waals surface area contributed by atoms with Gasteiger partial charge in [-0.3, -0.25) is 29.7 Å². The molecule has 2 unspecified atom stereocenters. The van der Waals surface area contributed by atoms with Crippen LogP contribution in [0.3, 0.4) is 0 Å². The van der Waals surface area contributed by atoms with Gasteiger partial charge in [0.1, 0.15) is 29.2 Å². The van der Waals surface area contributed by atoms with E-state index in [1.807, 2.05) is 13.8 Å². The van der Waals surface area contributed by atoms with Crippen LogP contribution in [0, 0.1) is 31.7 Å². The molecule has 0 bridgehead atoms. The predicted octanol–water partition coefficient (Wildman–Crippen LogP) is 3.33. The van der Waals surface area contributed by atoms with Crippen molar-refractivity contribution in [2.24, 2.45) is 16.6 Å². The molecule has 26 nitrogen and oxygen atoms in total. The highest BCUT2D eigenvalue weighted by Gasteiger charge is 2.24. The van der Waals surface area contributed by atoms with Crippen molar-refractivity contribution in [2.75, 3.05) is 84.4 Å². The van der Waals surface area contributed by atoms with Gasteiger partial charge < -0.3 is 76.6 Å². The van der Waals surface area contributed by atoms with E-state index in [1.54, 1.807) is 31.3 Å². The third-order valence-corrected chi connectivity index (χ3v) is 12.0. The number of ether oxygens (including phenoxy) is 5. The number of benzene rings is 2. The van der Waals surface area contributed by atoms with E-state index in [0.29, 0.717) is 105 Å². The zero-order valence-electron chi connectivity index (χ0n) is 45.2. The van der Waals surface area contributed by atoms with Crippen molar-refractivity contribution in [2.45, 2.75) is 97.1 Å². The number of rotatable bonds is 40. The van der Waals surface area contributed by atoms with Gasteiger partial charge in [-0.1, -0.05) is 0 Å². The maximum atomic E-state index is 13.4. The Morgan fingerprint density at radius 3 is 2.13 bits per heavy atom. The number of nitrogens with one attached hydrogen (secondary N) is 9. The number of carboxylic acid groups (broad SMARTS) is 1. The van der Waals surface area contributed by atoms with Gasteiger partial charge in [0.25, 0.3) is 0 Å². The Kier molecular flexibility index (Phi) is 28.6. The first kappa shape index (κ1) is 63.6. The average molecular weight is 1100 g/mol. The second-order valence-electron chi connectivity index (χ2n) is 18.3. The minimum absolute atomic E-state index is 0.0410. The lowest BCUT2D eigenvalue weighted by molar-refractivity contribution is -0.131. The number of amides is 4. The Hall–Kier alpha value is -7.94. The summed E-state index contributed by atoms with van der Waals surface area (Å²) in [7, 11) is 0. The number of carboxylic acids is 1. The number of nitrogens with zero attached hydrogens (tertiary/aromatic N) is 2. The monoisotopic (exact) mass is 1100 g/mol. The van der Waals surface area contributed by atoms with E-state index >= 15 is 0 Å². The summed E-state index contributed by atoms with van der Waals surface area (Å²) in [5.41, 5.74) is 23.1. The number of unbranched alkanes of at least 4 members (excludes halogenated alkanes) is 1. The molecule has 4 rings (SSSR count). The number of allylic oxidation sites excluding steroid dienone is 1. The summed E-state index contributed by atoms with van der Waals surface area (Å²) in [5, 5.41) is 44.8. The zero-order chi connectivity index (χ0) is 57.4. The molecular weight excluding hydrogens is 1030 g/mol. The van der Waals surface area contributed by atoms with Crippen LogP contribution < -0.4 is 58.5 Å². The van der Waals surface area contributed by atoms with Gasteiger partial charge in [0, 0.05) is 60.7 Å². The molecule has 14 N–H and O–H groups in total. The minimum atomic E-state index is -1.10. The fourth-order valence-corrected chi connectivity index (χ4v) is 7.87. The number of aromatic carboxylic acids is 1. The highest BCUT2D eigenvalue weighted by Crippen LogP contribution is 2.25. The Morgan fingerprint density at radius 2 is 1.46 bits per heavy atom. The molecule has 0 aliphatic rings. The zero-order valence-corrected chi connectivity index (χ0v) is 45.2. The Labute approximate surface area is 458 Å². The molecule has 2 aromatic carbocycles. The van der Waals surface area contributed by atoms with E-state index in [1.165, 1.54) is 24.3 Å². The second-order valence-corrected chi connectivity index (χ2v) is 18.3. The highest BCUT2D eigenvalue weighted by molar-refractivity contribution is 5.99. The van der Waals surface area contributed by atoms with Crippen molar-refractivity contribution in [3.63, 3.8) is 0 Å². The lowest BCUT2D eigenvalue weighted by atomic mass is 10.1. The SMILES string of the molecule is Cc1n[nH]c(C)c1CCCOc1cc(OCCC/C(=C/NCCOCCOCCOCCC(=O)NC(CCCNC(=N)N)C(=O)NCC(=O)NC(CCCCN)C(=O)Nc2ccc3c(C)cc(=O)oc3c2)N=N)cc(C(=O)O)c1. The first-order chi connectivity index (χ1) is 38.1. The van der Waals surface area contributed by atoms with Gasteiger partial charge in [-0.05, 0) is 120 Å². The number of hydrogen-bond acceptors (Lipinski definition) is 18. The maximum Gasteiger partial charge on any atom is 0.336 e. The number of hydrogen-bond donors (Lipinski definition) is 12. The molecule has 0 radical (unpaired) electrons. The summed E-state index contributed by atoms with van der Waals surface area (Å²) >= 11 is 0. The van der Waals surface area contributed by atoms with Crippen LogP contribution in [0.5, 0.6) is 11.5 Å². The van der Waals surface area contributed by atoms with Gasteiger partial charge in [0.15, 0.2) is 5.96 Å². The summed E-state index contributed by atoms with van der Waals surface area (Å²) in [5.74, 6) is -2.86. The van der Waals surface area contributed by atoms with Crippen molar-refractivity contribution in [1.82, 2.24) is 36.8 Å². The summed E-state index contributed by atoms with van der Waals surface area (Å²) < 4.78 is 33.7. The minimum Gasteiger partial charge on any atom is -0.493 e. The van der Waals surface area contributed by atoms with Gasteiger partial charge >= 0.3 is 11.6 Å². The first-order valence-electron chi connectivity index (χ1n) is 26.2. The van der Waals surface area contributed by atoms with E-state index in [9.17, 15) is 33.9 Å². The van der Waals surface area contributed by atoms with Crippen molar-refractivity contribution < 1.29 is 57.2 Å². The topological polar surface area (TPSA) is 395 Å². The van der Waals surface area contributed by atoms with Crippen molar-refractivity contribution in [1.29, 1.82) is 10.9 Å². The number of aromatic amines is 1. The predicted molar refractivity (Wildman–Crippen MR) is 293 cm³/mol. The molecule has 79 heavy (non-hydrogen) atoms. The Bertz CT molecular complexity index is 2690. The van der Waals surface area contributed by atoms with Gasteiger partial charge in [-0.25, -0.2) is 15.1 Å². The summed E-state index contributed by atoms with van der Waals surface area (Å²) in [6, 6.07) is 8.81. The maximum absolute atomic E-state index is 13.4. The third kappa shape index (κ3) is 24.5. The van der Waals surface area contributed by atoms with Gasteiger partial charge in [-0.15, -0.1) is 0 Å².